The molecule has 1 saturated carbocycles. The molecular weight excluding hydrogens is 201 g/mol. The van der Waals surface area contributed by atoms with Crippen molar-refractivity contribution in [2.75, 3.05) is 13.1 Å². The predicted molar refractivity (Wildman–Crippen MR) is 64.9 cm³/mol. The van der Waals surface area contributed by atoms with Gasteiger partial charge in [-0.15, -0.1) is 0 Å². The zero-order chi connectivity index (χ0) is 11.2. The molecule has 2 rings (SSSR count). The Bertz CT molecular complexity index is 301. The van der Waals surface area contributed by atoms with Crippen LogP contribution in [0.2, 0.25) is 0 Å². The average molecular weight is 221 g/mol. The molecule has 16 heavy (non-hydrogen) atoms. The van der Waals surface area contributed by atoms with Crippen molar-refractivity contribution in [3.8, 4) is 0 Å². The molecule has 0 spiro atoms. The quantitative estimate of drug-likeness (QED) is 0.753. The molecule has 0 aliphatic heterocycles. The van der Waals surface area contributed by atoms with E-state index in [1.165, 1.54) is 43.4 Å². The van der Waals surface area contributed by atoms with Crippen molar-refractivity contribution in [2.45, 2.75) is 32.1 Å². The van der Waals surface area contributed by atoms with E-state index in [1.54, 1.807) is 0 Å². The summed E-state index contributed by atoms with van der Waals surface area (Å²) >= 11 is 0. The third kappa shape index (κ3) is 3.60. The van der Waals surface area contributed by atoms with Crippen molar-refractivity contribution in [3.63, 3.8) is 0 Å². The van der Waals surface area contributed by atoms with Crippen LogP contribution >= 0.6 is 0 Å². The van der Waals surface area contributed by atoms with Crippen LogP contribution in [0.3, 0.4) is 0 Å². The zero-order valence-corrected chi connectivity index (χ0v) is 9.71. The van der Waals surface area contributed by atoms with Crippen LogP contribution < -0.4 is 5.32 Å². The summed E-state index contributed by atoms with van der Waals surface area (Å²) in [5.41, 5.74) is 1.21. The highest BCUT2D eigenvalue weighted by molar-refractivity contribution is 5.16. The highest BCUT2D eigenvalue weighted by Gasteiger charge is 2.13. The van der Waals surface area contributed by atoms with Crippen LogP contribution in [0.1, 0.15) is 31.2 Å². The van der Waals surface area contributed by atoms with Crippen LogP contribution in [-0.4, -0.2) is 13.1 Å². The number of hydrogen-bond donors (Lipinski definition) is 1. The van der Waals surface area contributed by atoms with Crippen molar-refractivity contribution < 1.29 is 4.39 Å². The number of rotatable bonds is 5. The molecule has 0 atom stereocenters. The Hall–Kier alpha value is -0.890. The van der Waals surface area contributed by atoms with Gasteiger partial charge in [0.2, 0.25) is 0 Å². The lowest BCUT2D eigenvalue weighted by molar-refractivity contribution is 0.491. The van der Waals surface area contributed by atoms with Crippen LogP contribution in [0.4, 0.5) is 4.39 Å². The van der Waals surface area contributed by atoms with Gasteiger partial charge >= 0.3 is 0 Å². The molecule has 1 aliphatic rings. The molecule has 0 heterocycles. The van der Waals surface area contributed by atoms with Gasteiger partial charge < -0.3 is 5.32 Å². The summed E-state index contributed by atoms with van der Waals surface area (Å²) in [6, 6.07) is 6.80. The van der Waals surface area contributed by atoms with Crippen molar-refractivity contribution in [1.82, 2.24) is 5.32 Å². The maximum Gasteiger partial charge on any atom is 0.123 e. The van der Waals surface area contributed by atoms with Crippen molar-refractivity contribution in [1.29, 1.82) is 0 Å². The molecule has 2 heteroatoms. The first kappa shape index (κ1) is 11.6. The Morgan fingerprint density at radius 1 is 1.12 bits per heavy atom. The van der Waals surface area contributed by atoms with E-state index in [2.05, 4.69) is 5.32 Å². The minimum Gasteiger partial charge on any atom is -0.316 e. The van der Waals surface area contributed by atoms with E-state index in [-0.39, 0.29) is 5.82 Å². The molecule has 1 nitrogen and oxygen atoms in total. The van der Waals surface area contributed by atoms with E-state index in [1.807, 2.05) is 12.1 Å². The Labute approximate surface area is 97.1 Å². The second-order valence-corrected chi connectivity index (χ2v) is 4.73. The van der Waals surface area contributed by atoms with Gasteiger partial charge in [-0.1, -0.05) is 25.0 Å². The molecule has 0 radical (unpaired) electrons. The largest absolute Gasteiger partial charge is 0.316 e. The third-order valence-corrected chi connectivity index (χ3v) is 3.41. The molecule has 1 N–H and O–H groups in total. The summed E-state index contributed by atoms with van der Waals surface area (Å²) in [6.45, 7) is 2.16. The van der Waals surface area contributed by atoms with E-state index in [4.69, 9.17) is 0 Å². The molecule has 1 aliphatic carbocycles. The van der Waals surface area contributed by atoms with E-state index in [0.717, 1.165) is 25.4 Å². The van der Waals surface area contributed by atoms with Gasteiger partial charge in [-0.2, -0.15) is 0 Å². The summed E-state index contributed by atoms with van der Waals surface area (Å²) in [4.78, 5) is 0. The van der Waals surface area contributed by atoms with Gasteiger partial charge in [-0.3, -0.25) is 0 Å². The van der Waals surface area contributed by atoms with Gasteiger partial charge in [0.05, 0.1) is 0 Å². The first-order valence-corrected chi connectivity index (χ1v) is 6.30. The second kappa shape index (κ2) is 6.00. The lowest BCUT2D eigenvalue weighted by Crippen LogP contribution is -2.23. The van der Waals surface area contributed by atoms with Gasteiger partial charge in [-0.05, 0) is 56.0 Å². The van der Waals surface area contributed by atoms with Crippen LogP contribution in [-0.2, 0) is 6.42 Å². The van der Waals surface area contributed by atoms with Crippen LogP contribution in [0.25, 0.3) is 0 Å². The van der Waals surface area contributed by atoms with E-state index >= 15 is 0 Å². The maximum absolute atomic E-state index is 12.7. The fraction of sp³-hybridized carbons (Fsp3) is 0.571. The molecule has 0 bridgehead atoms. The summed E-state index contributed by atoms with van der Waals surface area (Å²) in [7, 11) is 0. The monoisotopic (exact) mass is 221 g/mol. The Balaban J connectivity index is 1.62. The number of benzene rings is 1. The molecular formula is C14H20FN. The molecule has 0 amide bonds. The van der Waals surface area contributed by atoms with E-state index in [0.29, 0.717) is 0 Å². The third-order valence-electron chi connectivity index (χ3n) is 3.41. The van der Waals surface area contributed by atoms with E-state index < -0.39 is 0 Å². The Morgan fingerprint density at radius 3 is 2.50 bits per heavy atom. The van der Waals surface area contributed by atoms with Crippen molar-refractivity contribution in [3.05, 3.63) is 35.6 Å². The van der Waals surface area contributed by atoms with Gasteiger partial charge in [0.15, 0.2) is 0 Å². The van der Waals surface area contributed by atoms with Gasteiger partial charge in [-0.25, -0.2) is 4.39 Å². The average Bonchev–Trinajstić information content (AvgIpc) is 2.80. The van der Waals surface area contributed by atoms with Crippen molar-refractivity contribution in [2.24, 2.45) is 5.92 Å². The number of halogens is 1. The molecule has 88 valence electrons. The summed E-state index contributed by atoms with van der Waals surface area (Å²) in [5.74, 6) is 0.746. The summed E-state index contributed by atoms with van der Waals surface area (Å²) in [5, 5.41) is 3.50. The lowest BCUT2D eigenvalue weighted by Gasteiger charge is -2.10. The predicted octanol–water partition coefficient (Wildman–Crippen LogP) is 3.15. The smallest absolute Gasteiger partial charge is 0.123 e. The minimum absolute atomic E-state index is 0.150. The zero-order valence-electron chi connectivity index (χ0n) is 9.71. The molecule has 1 aromatic rings. The van der Waals surface area contributed by atoms with Crippen LogP contribution in [0.5, 0.6) is 0 Å². The van der Waals surface area contributed by atoms with Crippen LogP contribution in [0, 0.1) is 11.7 Å². The summed E-state index contributed by atoms with van der Waals surface area (Å²) < 4.78 is 12.7. The molecule has 0 saturated heterocycles. The van der Waals surface area contributed by atoms with Crippen molar-refractivity contribution >= 4 is 0 Å². The molecule has 1 fully saturated rings. The molecule has 1 aromatic carbocycles. The first-order chi connectivity index (χ1) is 7.84. The minimum atomic E-state index is -0.150. The van der Waals surface area contributed by atoms with Gasteiger partial charge in [0.1, 0.15) is 5.82 Å². The summed E-state index contributed by atoms with van der Waals surface area (Å²) in [6.07, 6.45) is 6.59. The Morgan fingerprint density at radius 2 is 1.81 bits per heavy atom. The van der Waals surface area contributed by atoms with Crippen LogP contribution in [0.15, 0.2) is 24.3 Å². The standard InChI is InChI=1S/C14H20FN/c15-14-7-5-12(6-8-14)9-10-16-11-13-3-1-2-4-13/h5-8,13,16H,1-4,9-11H2. The topological polar surface area (TPSA) is 12.0 Å². The normalized spacial score (nSPS) is 16.8. The molecule has 0 unspecified atom stereocenters. The van der Waals surface area contributed by atoms with E-state index in [9.17, 15) is 4.39 Å². The fourth-order valence-corrected chi connectivity index (χ4v) is 2.40. The number of hydrogen-bond acceptors (Lipinski definition) is 1. The highest BCUT2D eigenvalue weighted by atomic mass is 19.1. The lowest BCUT2D eigenvalue weighted by atomic mass is 10.1. The maximum atomic E-state index is 12.7. The second-order valence-electron chi connectivity index (χ2n) is 4.73. The van der Waals surface area contributed by atoms with Gasteiger partial charge in [0.25, 0.3) is 0 Å². The van der Waals surface area contributed by atoms with Gasteiger partial charge in [0, 0.05) is 0 Å². The highest BCUT2D eigenvalue weighted by Crippen LogP contribution is 2.23. The molecule has 0 aromatic heterocycles. The number of nitrogens with one attached hydrogen (secondary N) is 1. The fourth-order valence-electron chi connectivity index (χ4n) is 2.40. The Kier molecular flexibility index (Phi) is 4.34. The first-order valence-electron chi connectivity index (χ1n) is 6.30. The SMILES string of the molecule is Fc1ccc(CCNCC2CCCC2)cc1.